The summed E-state index contributed by atoms with van der Waals surface area (Å²) < 4.78 is 6.40. The lowest BCUT2D eigenvalue weighted by Crippen LogP contribution is -2.38. The first kappa shape index (κ1) is 21.7. The van der Waals surface area contributed by atoms with E-state index in [1.165, 1.54) is 6.21 Å². The normalized spacial score (nSPS) is 11.5. The van der Waals surface area contributed by atoms with Crippen molar-refractivity contribution in [2.45, 2.75) is 33.1 Å². The zero-order valence-electron chi connectivity index (χ0n) is 17.8. The summed E-state index contributed by atoms with van der Waals surface area (Å²) in [6.07, 6.45) is 1.43. The highest BCUT2D eigenvalue weighted by atomic mass is 16.5. The number of esters is 1. The molecule has 0 aliphatic rings. The van der Waals surface area contributed by atoms with Crippen LogP contribution in [0.15, 0.2) is 58.4 Å². The van der Waals surface area contributed by atoms with Crippen molar-refractivity contribution in [1.82, 2.24) is 14.9 Å². The fourth-order valence-electron chi connectivity index (χ4n) is 2.74. The Morgan fingerprint density at radius 3 is 2.52 bits per heavy atom. The van der Waals surface area contributed by atoms with Crippen LogP contribution in [0.3, 0.4) is 0 Å². The molecular formula is C22H24N6O3. The number of carbonyl (C=O) groups excluding carboxylic acids is 1. The van der Waals surface area contributed by atoms with Gasteiger partial charge in [-0.1, -0.05) is 51.1 Å². The molecule has 1 heterocycles. The van der Waals surface area contributed by atoms with E-state index < -0.39 is 16.9 Å². The second-order valence-electron chi connectivity index (χ2n) is 7.91. The van der Waals surface area contributed by atoms with Gasteiger partial charge in [-0.15, -0.1) is 10.2 Å². The summed E-state index contributed by atoms with van der Waals surface area (Å²) in [7, 11) is 0. The van der Waals surface area contributed by atoms with Crippen LogP contribution in [0.5, 0.6) is 5.75 Å². The lowest BCUT2D eigenvalue weighted by atomic mass is 9.93. The fraction of sp³-hybridized carbons (Fsp3) is 0.227. The van der Waals surface area contributed by atoms with Gasteiger partial charge >= 0.3 is 5.97 Å². The number of nitrogens with one attached hydrogen (secondary N) is 1. The molecule has 0 aliphatic carbocycles. The molecule has 0 aliphatic heterocycles. The third kappa shape index (κ3) is 4.95. The van der Waals surface area contributed by atoms with Crippen LogP contribution in [0.25, 0.3) is 0 Å². The van der Waals surface area contributed by atoms with Crippen LogP contribution in [0.1, 0.15) is 48.0 Å². The molecule has 0 saturated heterocycles. The molecule has 31 heavy (non-hydrogen) atoms. The summed E-state index contributed by atoms with van der Waals surface area (Å²) >= 11 is 0. The second kappa shape index (κ2) is 8.78. The Labute approximate surface area is 179 Å². The number of anilines is 1. The van der Waals surface area contributed by atoms with Crippen LogP contribution in [-0.2, 0) is 5.41 Å². The third-order valence-corrected chi connectivity index (χ3v) is 4.46. The van der Waals surface area contributed by atoms with E-state index in [2.05, 4.69) is 20.7 Å². The van der Waals surface area contributed by atoms with Crippen molar-refractivity contribution in [2.24, 2.45) is 5.10 Å². The summed E-state index contributed by atoms with van der Waals surface area (Å²) in [6, 6.07) is 14.1. The first-order valence-electron chi connectivity index (χ1n) is 9.59. The summed E-state index contributed by atoms with van der Waals surface area (Å²) in [4.78, 5) is 24.9. The number of hydrogen-bond donors (Lipinski definition) is 2. The number of benzene rings is 2. The maximum Gasteiger partial charge on any atom is 0.343 e. The van der Waals surface area contributed by atoms with E-state index >= 15 is 0 Å². The standard InChI is InChI=1S/C22H24N6O3/c1-14-9-5-7-11-16(14)20(30)31-17-12-8-6-10-15(17)13-24-26-21-27-25-18(22(2,3)4)19(29)28(21)23/h5-13H,23H2,1-4H3,(H,26,27)/b24-13+. The zero-order chi connectivity index (χ0) is 22.6. The molecule has 3 aromatic rings. The Morgan fingerprint density at radius 1 is 1.13 bits per heavy atom. The number of aryl methyl sites for hydroxylation is 1. The quantitative estimate of drug-likeness (QED) is 0.214. The van der Waals surface area contributed by atoms with Crippen LogP contribution < -0.4 is 21.6 Å². The highest BCUT2D eigenvalue weighted by Crippen LogP contribution is 2.19. The van der Waals surface area contributed by atoms with Gasteiger partial charge in [0.2, 0.25) is 0 Å². The predicted molar refractivity (Wildman–Crippen MR) is 119 cm³/mol. The summed E-state index contributed by atoms with van der Waals surface area (Å²) in [5, 5.41) is 12.0. The molecule has 3 N–H and O–H groups in total. The molecule has 1 aromatic heterocycles. The number of nitrogens with two attached hydrogens (primary N) is 1. The number of hydrazone groups is 1. The van der Waals surface area contributed by atoms with Crippen molar-refractivity contribution < 1.29 is 9.53 Å². The minimum atomic E-state index is -0.493. The number of nitrogen functional groups attached to an aromatic ring is 1. The van der Waals surface area contributed by atoms with Gasteiger partial charge in [0.15, 0.2) is 0 Å². The highest BCUT2D eigenvalue weighted by molar-refractivity contribution is 5.94. The molecule has 2 aromatic carbocycles. The van der Waals surface area contributed by atoms with Crippen LogP contribution in [0.4, 0.5) is 5.95 Å². The first-order chi connectivity index (χ1) is 14.7. The molecule has 0 amide bonds. The van der Waals surface area contributed by atoms with Gasteiger partial charge in [-0.05, 0) is 30.7 Å². The summed E-state index contributed by atoms with van der Waals surface area (Å²) in [5.74, 6) is 5.67. The molecular weight excluding hydrogens is 396 g/mol. The van der Waals surface area contributed by atoms with Crippen LogP contribution in [0, 0.1) is 6.92 Å². The molecule has 0 unspecified atom stereocenters. The highest BCUT2D eigenvalue weighted by Gasteiger charge is 2.22. The van der Waals surface area contributed by atoms with E-state index in [0.717, 1.165) is 10.2 Å². The van der Waals surface area contributed by atoms with E-state index in [4.69, 9.17) is 10.6 Å². The molecule has 0 radical (unpaired) electrons. The van der Waals surface area contributed by atoms with E-state index in [-0.39, 0.29) is 11.6 Å². The van der Waals surface area contributed by atoms with Gasteiger partial charge in [0.05, 0.1) is 11.8 Å². The monoisotopic (exact) mass is 420 g/mol. The molecule has 3 rings (SSSR count). The van der Waals surface area contributed by atoms with Crippen molar-refractivity contribution >= 4 is 18.1 Å². The van der Waals surface area contributed by atoms with Crippen LogP contribution >= 0.6 is 0 Å². The summed E-state index contributed by atoms with van der Waals surface area (Å²) in [6.45, 7) is 7.38. The van der Waals surface area contributed by atoms with Crippen molar-refractivity contribution in [3.8, 4) is 5.75 Å². The third-order valence-electron chi connectivity index (χ3n) is 4.46. The van der Waals surface area contributed by atoms with Crippen molar-refractivity contribution in [2.75, 3.05) is 11.3 Å². The Balaban J connectivity index is 1.79. The number of ether oxygens (including phenoxy) is 1. The van der Waals surface area contributed by atoms with Gasteiger partial charge in [-0.2, -0.15) is 9.78 Å². The molecule has 0 saturated carbocycles. The topological polar surface area (TPSA) is 124 Å². The number of para-hydroxylation sites is 1. The van der Waals surface area contributed by atoms with Gasteiger partial charge in [0.25, 0.3) is 11.5 Å². The number of nitrogens with zero attached hydrogens (tertiary/aromatic N) is 4. The Hall–Kier alpha value is -4.01. The number of hydrogen-bond acceptors (Lipinski definition) is 8. The maximum atomic E-state index is 12.5. The van der Waals surface area contributed by atoms with Gasteiger partial charge < -0.3 is 10.6 Å². The van der Waals surface area contributed by atoms with Gasteiger partial charge in [-0.25, -0.2) is 10.2 Å². The Bertz CT molecular complexity index is 1190. The van der Waals surface area contributed by atoms with E-state index in [0.29, 0.717) is 16.9 Å². The van der Waals surface area contributed by atoms with Gasteiger partial charge in [-0.3, -0.25) is 4.79 Å². The molecule has 0 bridgehead atoms. The summed E-state index contributed by atoms with van der Waals surface area (Å²) in [5.41, 5.74) is 3.73. The van der Waals surface area contributed by atoms with E-state index in [9.17, 15) is 9.59 Å². The van der Waals surface area contributed by atoms with E-state index in [1.54, 1.807) is 36.4 Å². The van der Waals surface area contributed by atoms with Crippen molar-refractivity contribution in [3.63, 3.8) is 0 Å². The fourth-order valence-corrected chi connectivity index (χ4v) is 2.74. The first-order valence-corrected chi connectivity index (χ1v) is 9.59. The minimum Gasteiger partial charge on any atom is -0.422 e. The molecule has 160 valence electrons. The second-order valence-corrected chi connectivity index (χ2v) is 7.91. The van der Waals surface area contributed by atoms with Crippen LogP contribution in [-0.4, -0.2) is 27.1 Å². The molecule has 9 heteroatoms. The van der Waals surface area contributed by atoms with Crippen molar-refractivity contribution in [3.05, 3.63) is 81.3 Å². The minimum absolute atomic E-state index is 0.0244. The smallest absolute Gasteiger partial charge is 0.343 e. The average molecular weight is 420 g/mol. The predicted octanol–water partition coefficient (Wildman–Crippen LogP) is 2.62. The lowest BCUT2D eigenvalue weighted by Gasteiger charge is -2.17. The zero-order valence-corrected chi connectivity index (χ0v) is 17.8. The van der Waals surface area contributed by atoms with Gasteiger partial charge in [0.1, 0.15) is 11.4 Å². The van der Waals surface area contributed by atoms with E-state index in [1.807, 2.05) is 39.8 Å². The maximum absolute atomic E-state index is 12.5. The Morgan fingerprint density at radius 2 is 1.81 bits per heavy atom. The number of carbonyl (C=O) groups is 1. The number of rotatable bonds is 5. The Kier molecular flexibility index (Phi) is 6.15. The largest absolute Gasteiger partial charge is 0.422 e. The van der Waals surface area contributed by atoms with Crippen LogP contribution in [0.2, 0.25) is 0 Å². The van der Waals surface area contributed by atoms with Gasteiger partial charge in [0, 0.05) is 11.0 Å². The molecule has 0 atom stereocenters. The lowest BCUT2D eigenvalue weighted by molar-refractivity contribution is 0.0733. The average Bonchev–Trinajstić information content (AvgIpc) is 2.71. The number of aromatic nitrogens is 3. The molecule has 0 spiro atoms. The molecule has 0 fully saturated rings. The SMILES string of the molecule is Cc1ccccc1C(=O)Oc1ccccc1/C=N/Nc1nnc(C(C)(C)C)c(=O)n1N. The molecule has 9 nitrogen and oxygen atoms in total. The van der Waals surface area contributed by atoms with Crippen molar-refractivity contribution in [1.29, 1.82) is 0 Å².